The summed E-state index contributed by atoms with van der Waals surface area (Å²) in [5.41, 5.74) is 2.19. The first kappa shape index (κ1) is 21.2. The van der Waals surface area contributed by atoms with Crippen LogP contribution < -0.4 is 20.3 Å². The molecule has 1 aliphatic heterocycles. The Balaban J connectivity index is 1.45. The van der Waals surface area contributed by atoms with Crippen LogP contribution in [-0.2, 0) is 4.79 Å². The molecule has 1 aliphatic carbocycles. The molecular formula is C25H31N3O3. The molecule has 2 amide bonds. The number of carbonyl (C=O) groups is 2. The lowest BCUT2D eigenvalue weighted by molar-refractivity contribution is -0.118. The van der Waals surface area contributed by atoms with Gasteiger partial charge in [-0.15, -0.1) is 0 Å². The van der Waals surface area contributed by atoms with Crippen LogP contribution in [0.25, 0.3) is 0 Å². The maximum Gasteiger partial charge on any atom is 0.262 e. The van der Waals surface area contributed by atoms with E-state index in [4.69, 9.17) is 4.74 Å². The van der Waals surface area contributed by atoms with Crippen molar-refractivity contribution < 1.29 is 14.3 Å². The van der Waals surface area contributed by atoms with Gasteiger partial charge in [0.25, 0.3) is 11.8 Å². The van der Waals surface area contributed by atoms with Crippen LogP contribution in [0.3, 0.4) is 0 Å². The first-order chi connectivity index (χ1) is 15.2. The summed E-state index contributed by atoms with van der Waals surface area (Å²) in [5, 5.41) is 6.09. The third-order valence-electron chi connectivity index (χ3n) is 6.03. The van der Waals surface area contributed by atoms with Gasteiger partial charge < -0.3 is 20.3 Å². The van der Waals surface area contributed by atoms with Crippen LogP contribution in [0.15, 0.2) is 48.5 Å². The Morgan fingerprint density at radius 1 is 0.935 bits per heavy atom. The third-order valence-corrected chi connectivity index (χ3v) is 6.03. The molecule has 2 aromatic carbocycles. The maximum atomic E-state index is 13.2. The Labute approximate surface area is 184 Å². The Bertz CT molecular complexity index is 888. The van der Waals surface area contributed by atoms with Crippen LogP contribution in [0.4, 0.5) is 11.4 Å². The monoisotopic (exact) mass is 421 g/mol. The first-order valence-electron chi connectivity index (χ1n) is 11.4. The van der Waals surface area contributed by atoms with Crippen LogP contribution >= 0.6 is 0 Å². The standard InChI is InChI=1S/C25H31N3O3/c29-24(18-31-21-11-5-2-6-12-21)26-20-13-14-23(28-15-7-8-16-28)22(17-20)25(30)27-19-9-3-1-4-10-19/h2,5-6,11-14,17,19H,1,3-4,7-10,15-16,18H2,(H,26,29)(H,27,30). The van der Waals surface area contributed by atoms with E-state index in [0.29, 0.717) is 17.0 Å². The molecule has 0 aromatic heterocycles. The highest BCUT2D eigenvalue weighted by Crippen LogP contribution is 2.28. The summed E-state index contributed by atoms with van der Waals surface area (Å²) in [5.74, 6) is 0.344. The summed E-state index contributed by atoms with van der Waals surface area (Å²) in [6, 6.07) is 15.1. The second-order valence-corrected chi connectivity index (χ2v) is 8.38. The summed E-state index contributed by atoms with van der Waals surface area (Å²) in [7, 11) is 0. The third kappa shape index (κ3) is 5.78. The highest BCUT2D eigenvalue weighted by molar-refractivity contribution is 6.02. The quantitative estimate of drug-likeness (QED) is 0.697. The lowest BCUT2D eigenvalue weighted by Crippen LogP contribution is -2.37. The van der Waals surface area contributed by atoms with Crippen molar-refractivity contribution >= 4 is 23.2 Å². The SMILES string of the molecule is O=C(COc1ccccc1)Nc1ccc(N2CCCC2)c(C(=O)NC2CCCCC2)c1. The first-order valence-corrected chi connectivity index (χ1v) is 11.4. The van der Waals surface area contributed by atoms with Gasteiger partial charge in [0.2, 0.25) is 0 Å². The van der Waals surface area contributed by atoms with Gasteiger partial charge in [0.15, 0.2) is 6.61 Å². The number of benzene rings is 2. The van der Waals surface area contributed by atoms with Crippen LogP contribution in [0.1, 0.15) is 55.3 Å². The van der Waals surface area contributed by atoms with Crippen molar-refractivity contribution in [2.45, 2.75) is 51.0 Å². The molecule has 2 N–H and O–H groups in total. The summed E-state index contributed by atoms with van der Waals surface area (Å²) < 4.78 is 5.52. The van der Waals surface area contributed by atoms with Crippen molar-refractivity contribution in [3.63, 3.8) is 0 Å². The van der Waals surface area contributed by atoms with Crippen molar-refractivity contribution in [1.82, 2.24) is 5.32 Å². The van der Waals surface area contributed by atoms with E-state index in [9.17, 15) is 9.59 Å². The number of nitrogens with one attached hydrogen (secondary N) is 2. The number of amides is 2. The average Bonchev–Trinajstić information content (AvgIpc) is 3.34. The predicted octanol–water partition coefficient (Wildman–Crippen LogP) is 4.37. The number of carbonyl (C=O) groups excluding carboxylic acids is 2. The van der Waals surface area contributed by atoms with Crippen LogP contribution in [0.2, 0.25) is 0 Å². The zero-order valence-electron chi connectivity index (χ0n) is 17.9. The van der Waals surface area contributed by atoms with E-state index < -0.39 is 0 Å². The summed E-state index contributed by atoms with van der Waals surface area (Å²) in [6.45, 7) is 1.84. The van der Waals surface area contributed by atoms with E-state index in [-0.39, 0.29) is 24.5 Å². The van der Waals surface area contributed by atoms with E-state index in [0.717, 1.165) is 44.5 Å². The average molecular weight is 422 g/mol. The van der Waals surface area contributed by atoms with Crippen molar-refractivity contribution in [2.75, 3.05) is 29.9 Å². The van der Waals surface area contributed by atoms with Crippen molar-refractivity contribution in [1.29, 1.82) is 0 Å². The molecule has 1 saturated carbocycles. The molecule has 0 spiro atoms. The fourth-order valence-corrected chi connectivity index (χ4v) is 4.40. The van der Waals surface area contributed by atoms with Crippen LogP contribution in [0.5, 0.6) is 5.75 Å². The zero-order valence-corrected chi connectivity index (χ0v) is 17.9. The molecule has 0 atom stereocenters. The summed E-state index contributed by atoms with van der Waals surface area (Å²) in [4.78, 5) is 27.8. The summed E-state index contributed by atoms with van der Waals surface area (Å²) in [6.07, 6.45) is 7.94. The summed E-state index contributed by atoms with van der Waals surface area (Å²) >= 11 is 0. The van der Waals surface area contributed by atoms with Gasteiger partial charge in [-0.1, -0.05) is 37.5 Å². The molecule has 31 heavy (non-hydrogen) atoms. The topological polar surface area (TPSA) is 70.7 Å². The lowest BCUT2D eigenvalue weighted by Gasteiger charge is -2.25. The minimum absolute atomic E-state index is 0.0505. The molecule has 2 fully saturated rings. The molecule has 164 valence electrons. The van der Waals surface area contributed by atoms with Crippen LogP contribution in [-0.4, -0.2) is 37.6 Å². The van der Waals surface area contributed by atoms with Crippen molar-refractivity contribution in [2.24, 2.45) is 0 Å². The fraction of sp³-hybridized carbons (Fsp3) is 0.440. The number of ether oxygens (including phenoxy) is 1. The smallest absolute Gasteiger partial charge is 0.262 e. The Hall–Kier alpha value is -3.02. The molecule has 2 aliphatic rings. The van der Waals surface area contributed by atoms with Crippen molar-refractivity contribution in [3.05, 3.63) is 54.1 Å². The lowest BCUT2D eigenvalue weighted by atomic mass is 9.95. The molecule has 0 bridgehead atoms. The van der Waals surface area contributed by atoms with Gasteiger partial charge in [0.05, 0.1) is 5.56 Å². The van der Waals surface area contributed by atoms with Crippen LogP contribution in [0, 0.1) is 0 Å². The molecule has 1 saturated heterocycles. The molecule has 6 nitrogen and oxygen atoms in total. The van der Waals surface area contributed by atoms with Gasteiger partial charge in [-0.05, 0) is 56.0 Å². The second-order valence-electron chi connectivity index (χ2n) is 8.38. The van der Waals surface area contributed by atoms with Gasteiger partial charge in [0, 0.05) is 30.5 Å². The zero-order chi connectivity index (χ0) is 21.5. The molecule has 2 aromatic rings. The Kier molecular flexibility index (Phi) is 7.07. The Morgan fingerprint density at radius 3 is 2.42 bits per heavy atom. The highest BCUT2D eigenvalue weighted by Gasteiger charge is 2.23. The maximum absolute atomic E-state index is 13.2. The van der Waals surface area contributed by atoms with Gasteiger partial charge in [-0.2, -0.15) is 0 Å². The van der Waals surface area contributed by atoms with E-state index in [1.165, 1.54) is 19.3 Å². The van der Waals surface area contributed by atoms with Gasteiger partial charge >= 0.3 is 0 Å². The molecule has 0 unspecified atom stereocenters. The second kappa shape index (κ2) is 10.3. The van der Waals surface area contributed by atoms with E-state index in [1.54, 1.807) is 6.07 Å². The number of hydrogen-bond donors (Lipinski definition) is 2. The predicted molar refractivity (Wildman–Crippen MR) is 123 cm³/mol. The number of nitrogens with zero attached hydrogens (tertiary/aromatic N) is 1. The number of rotatable bonds is 7. The number of anilines is 2. The number of para-hydroxylation sites is 1. The highest BCUT2D eigenvalue weighted by atomic mass is 16.5. The normalized spacial score (nSPS) is 16.7. The molecule has 1 heterocycles. The minimum Gasteiger partial charge on any atom is -0.484 e. The van der Waals surface area contributed by atoms with E-state index in [2.05, 4.69) is 15.5 Å². The van der Waals surface area contributed by atoms with Gasteiger partial charge in [-0.3, -0.25) is 9.59 Å². The Morgan fingerprint density at radius 2 is 1.68 bits per heavy atom. The van der Waals surface area contributed by atoms with E-state index >= 15 is 0 Å². The molecule has 4 rings (SSSR count). The fourth-order valence-electron chi connectivity index (χ4n) is 4.40. The van der Waals surface area contributed by atoms with Gasteiger partial charge in [-0.25, -0.2) is 0 Å². The largest absolute Gasteiger partial charge is 0.484 e. The minimum atomic E-state index is -0.253. The van der Waals surface area contributed by atoms with Gasteiger partial charge in [0.1, 0.15) is 5.75 Å². The molecular weight excluding hydrogens is 390 g/mol. The molecule has 6 heteroatoms. The number of hydrogen-bond acceptors (Lipinski definition) is 4. The molecule has 0 radical (unpaired) electrons. The van der Waals surface area contributed by atoms with E-state index in [1.807, 2.05) is 42.5 Å². The van der Waals surface area contributed by atoms with Crippen molar-refractivity contribution in [3.8, 4) is 5.75 Å².